The van der Waals surface area contributed by atoms with Crippen LogP contribution in [-0.2, 0) is 0 Å². The Hall–Kier alpha value is -1.24. The minimum atomic E-state index is 0.535. The fourth-order valence-electron chi connectivity index (χ4n) is 2.15. The van der Waals surface area contributed by atoms with Crippen molar-refractivity contribution in [1.29, 1.82) is 0 Å². The lowest BCUT2D eigenvalue weighted by molar-refractivity contribution is 0.622. The molecular formula is C13H17N. The van der Waals surface area contributed by atoms with Gasteiger partial charge in [-0.05, 0) is 44.9 Å². The summed E-state index contributed by atoms with van der Waals surface area (Å²) in [4.78, 5) is 0. The van der Waals surface area contributed by atoms with Gasteiger partial charge in [-0.2, -0.15) is 0 Å². The van der Waals surface area contributed by atoms with Gasteiger partial charge in [-0.15, -0.1) is 0 Å². The zero-order valence-corrected chi connectivity index (χ0v) is 9.33. The summed E-state index contributed by atoms with van der Waals surface area (Å²) in [5.74, 6) is 0. The zero-order chi connectivity index (χ0) is 10.3. The predicted octanol–water partition coefficient (Wildman–Crippen LogP) is 3.84. The van der Waals surface area contributed by atoms with E-state index in [0.29, 0.717) is 6.04 Å². The number of aryl methyl sites for hydroxylation is 2. The molecule has 0 aliphatic rings. The van der Waals surface area contributed by atoms with Gasteiger partial charge in [-0.3, -0.25) is 0 Å². The van der Waals surface area contributed by atoms with E-state index >= 15 is 0 Å². The van der Waals surface area contributed by atoms with Crippen LogP contribution in [0.2, 0.25) is 0 Å². The normalized spacial score (nSPS) is 11.5. The van der Waals surface area contributed by atoms with E-state index in [-0.39, 0.29) is 0 Å². The lowest BCUT2D eigenvalue weighted by atomic mass is 10.1. The van der Waals surface area contributed by atoms with Crippen LogP contribution in [0.4, 0.5) is 0 Å². The second kappa shape index (κ2) is 3.16. The fourth-order valence-corrected chi connectivity index (χ4v) is 2.15. The van der Waals surface area contributed by atoms with Crippen LogP contribution < -0.4 is 0 Å². The first kappa shape index (κ1) is 9.32. The predicted molar refractivity (Wildman–Crippen MR) is 61.8 cm³/mol. The number of benzene rings is 1. The molecule has 1 nitrogen and oxygen atoms in total. The van der Waals surface area contributed by atoms with Crippen LogP contribution in [0.25, 0.3) is 10.9 Å². The molecule has 2 rings (SSSR count). The van der Waals surface area contributed by atoms with Gasteiger partial charge in [0.25, 0.3) is 0 Å². The minimum absolute atomic E-state index is 0.535. The molecule has 1 heteroatoms. The van der Waals surface area contributed by atoms with Gasteiger partial charge in [0, 0.05) is 23.1 Å². The molecule has 0 radical (unpaired) electrons. The summed E-state index contributed by atoms with van der Waals surface area (Å²) in [6, 6.07) is 7.05. The van der Waals surface area contributed by atoms with Crippen LogP contribution in [-0.4, -0.2) is 4.57 Å². The molecule has 1 aromatic heterocycles. The Bertz CT molecular complexity index is 463. The molecule has 0 amide bonds. The van der Waals surface area contributed by atoms with Gasteiger partial charge >= 0.3 is 0 Å². The van der Waals surface area contributed by atoms with Crippen LogP contribution >= 0.6 is 0 Å². The zero-order valence-electron chi connectivity index (χ0n) is 9.33. The van der Waals surface area contributed by atoms with Crippen molar-refractivity contribution < 1.29 is 0 Å². The summed E-state index contributed by atoms with van der Waals surface area (Å²) in [6.45, 7) is 8.82. The summed E-state index contributed by atoms with van der Waals surface area (Å²) in [6.07, 6.45) is 2.25. The van der Waals surface area contributed by atoms with Crippen LogP contribution in [0.1, 0.15) is 31.0 Å². The molecule has 0 aliphatic carbocycles. The number of hydrogen-bond acceptors (Lipinski definition) is 0. The van der Waals surface area contributed by atoms with Crippen LogP contribution in [0.5, 0.6) is 0 Å². The Morgan fingerprint density at radius 3 is 2.43 bits per heavy atom. The van der Waals surface area contributed by atoms with Gasteiger partial charge in [0.15, 0.2) is 0 Å². The number of rotatable bonds is 1. The van der Waals surface area contributed by atoms with E-state index in [1.54, 1.807) is 0 Å². The highest BCUT2D eigenvalue weighted by molar-refractivity contribution is 5.87. The maximum atomic E-state index is 2.34. The maximum absolute atomic E-state index is 2.34. The molecule has 0 N–H and O–H groups in total. The number of fused-ring (bicyclic) bond motifs is 1. The monoisotopic (exact) mass is 187 g/mol. The van der Waals surface area contributed by atoms with Crippen molar-refractivity contribution in [2.75, 3.05) is 0 Å². The average molecular weight is 187 g/mol. The third kappa shape index (κ3) is 1.24. The summed E-state index contributed by atoms with van der Waals surface area (Å²) in [7, 11) is 0. The second-order valence-corrected chi connectivity index (χ2v) is 4.28. The second-order valence-electron chi connectivity index (χ2n) is 4.28. The van der Waals surface area contributed by atoms with Gasteiger partial charge in [0.05, 0.1) is 0 Å². The van der Waals surface area contributed by atoms with Gasteiger partial charge in [-0.1, -0.05) is 12.1 Å². The Labute approximate surface area is 85.4 Å². The van der Waals surface area contributed by atoms with Crippen molar-refractivity contribution in [3.63, 3.8) is 0 Å². The summed E-state index contributed by atoms with van der Waals surface area (Å²) >= 11 is 0. The Balaban J connectivity index is 2.84. The van der Waals surface area contributed by atoms with Crippen molar-refractivity contribution in [3.05, 3.63) is 35.5 Å². The van der Waals surface area contributed by atoms with Crippen molar-refractivity contribution in [3.8, 4) is 0 Å². The van der Waals surface area contributed by atoms with E-state index in [0.717, 1.165) is 0 Å². The maximum Gasteiger partial charge on any atom is 0.0488 e. The SMILES string of the molecule is Cc1cccc2c1c(C)cn2C(C)C. The standard InChI is InChI=1S/C13H17N/c1-9(2)14-8-11(4)13-10(3)6-5-7-12(13)14/h5-9H,1-4H3. The van der Waals surface area contributed by atoms with E-state index in [1.807, 2.05) is 0 Å². The lowest BCUT2D eigenvalue weighted by Gasteiger charge is -2.09. The first-order valence-electron chi connectivity index (χ1n) is 5.18. The Kier molecular flexibility index (Phi) is 2.10. The molecule has 0 spiro atoms. The highest BCUT2D eigenvalue weighted by atomic mass is 15.0. The molecule has 0 atom stereocenters. The molecule has 0 bridgehead atoms. The number of hydrogen-bond donors (Lipinski definition) is 0. The van der Waals surface area contributed by atoms with E-state index < -0.39 is 0 Å². The highest BCUT2D eigenvalue weighted by Crippen LogP contribution is 2.26. The number of aromatic nitrogens is 1. The molecule has 1 heterocycles. The molecule has 2 aromatic rings. The molecule has 0 unspecified atom stereocenters. The van der Waals surface area contributed by atoms with Crippen molar-refractivity contribution in [1.82, 2.24) is 4.57 Å². The van der Waals surface area contributed by atoms with Crippen molar-refractivity contribution in [2.24, 2.45) is 0 Å². The smallest absolute Gasteiger partial charge is 0.0488 e. The Morgan fingerprint density at radius 2 is 1.79 bits per heavy atom. The van der Waals surface area contributed by atoms with Crippen LogP contribution in [0, 0.1) is 13.8 Å². The highest BCUT2D eigenvalue weighted by Gasteiger charge is 2.08. The Morgan fingerprint density at radius 1 is 1.07 bits per heavy atom. The molecule has 74 valence electrons. The quantitative estimate of drug-likeness (QED) is 0.639. The molecule has 0 aliphatic heterocycles. The minimum Gasteiger partial charge on any atom is -0.345 e. The largest absolute Gasteiger partial charge is 0.345 e. The molecular weight excluding hydrogens is 170 g/mol. The van der Waals surface area contributed by atoms with E-state index in [2.05, 4.69) is 56.7 Å². The van der Waals surface area contributed by atoms with E-state index in [1.165, 1.54) is 22.0 Å². The topological polar surface area (TPSA) is 4.93 Å². The van der Waals surface area contributed by atoms with Crippen LogP contribution in [0.15, 0.2) is 24.4 Å². The summed E-state index contributed by atoms with van der Waals surface area (Å²) in [5, 5.41) is 1.42. The lowest BCUT2D eigenvalue weighted by Crippen LogP contribution is -1.97. The van der Waals surface area contributed by atoms with Crippen molar-refractivity contribution in [2.45, 2.75) is 33.7 Å². The van der Waals surface area contributed by atoms with Gasteiger partial charge in [-0.25, -0.2) is 0 Å². The molecule has 0 saturated heterocycles. The summed E-state index contributed by atoms with van der Waals surface area (Å²) < 4.78 is 2.34. The first-order valence-corrected chi connectivity index (χ1v) is 5.18. The molecule has 0 saturated carbocycles. The van der Waals surface area contributed by atoms with E-state index in [4.69, 9.17) is 0 Å². The fraction of sp³-hybridized carbons (Fsp3) is 0.385. The number of nitrogens with zero attached hydrogens (tertiary/aromatic N) is 1. The van der Waals surface area contributed by atoms with Gasteiger partial charge in [0.1, 0.15) is 0 Å². The van der Waals surface area contributed by atoms with Crippen LogP contribution in [0.3, 0.4) is 0 Å². The third-order valence-electron chi connectivity index (χ3n) is 2.81. The average Bonchev–Trinajstić information content (AvgIpc) is 2.45. The van der Waals surface area contributed by atoms with Gasteiger partial charge in [0.2, 0.25) is 0 Å². The van der Waals surface area contributed by atoms with E-state index in [9.17, 15) is 0 Å². The first-order chi connectivity index (χ1) is 6.61. The molecule has 1 aromatic carbocycles. The molecule has 14 heavy (non-hydrogen) atoms. The molecule has 0 fully saturated rings. The van der Waals surface area contributed by atoms with Crippen molar-refractivity contribution >= 4 is 10.9 Å². The third-order valence-corrected chi connectivity index (χ3v) is 2.81. The van der Waals surface area contributed by atoms with Gasteiger partial charge < -0.3 is 4.57 Å². The summed E-state index contributed by atoms with van der Waals surface area (Å²) in [5.41, 5.74) is 4.11.